The van der Waals surface area contributed by atoms with Gasteiger partial charge in [0.25, 0.3) is 0 Å². The maximum Gasteiger partial charge on any atom is 0.122 e. The number of ether oxygens (including phenoxy) is 1. The molecule has 2 heterocycles. The van der Waals surface area contributed by atoms with Gasteiger partial charge in [-0.1, -0.05) is 42.8 Å². The first-order chi connectivity index (χ1) is 14.7. The molecule has 160 valence electrons. The van der Waals surface area contributed by atoms with Gasteiger partial charge >= 0.3 is 0 Å². The van der Waals surface area contributed by atoms with Gasteiger partial charge in [0.2, 0.25) is 0 Å². The van der Waals surface area contributed by atoms with Crippen molar-refractivity contribution in [2.45, 2.75) is 50.9 Å². The fraction of sp³-hybridized carbons (Fsp3) is 0.440. The van der Waals surface area contributed by atoms with Gasteiger partial charge in [-0.15, -0.1) is 0 Å². The fourth-order valence-corrected chi connectivity index (χ4v) is 4.20. The lowest BCUT2D eigenvalue weighted by atomic mass is 10.0. The van der Waals surface area contributed by atoms with Crippen molar-refractivity contribution < 1.29 is 14.9 Å². The molecule has 0 spiro atoms. The number of fused-ring (bicyclic) bond motifs is 2. The molecular weight excluding hydrogens is 376 g/mol. The van der Waals surface area contributed by atoms with E-state index in [1.165, 1.54) is 16.6 Å². The van der Waals surface area contributed by atoms with E-state index in [1.54, 1.807) is 0 Å². The van der Waals surface area contributed by atoms with Crippen molar-refractivity contribution >= 4 is 10.9 Å². The molecule has 1 aliphatic heterocycles. The van der Waals surface area contributed by atoms with E-state index < -0.39 is 12.2 Å². The van der Waals surface area contributed by atoms with Gasteiger partial charge in [-0.2, -0.15) is 0 Å². The number of rotatable bonds is 2. The van der Waals surface area contributed by atoms with Crippen LogP contribution in [-0.2, 0) is 13.0 Å². The summed E-state index contributed by atoms with van der Waals surface area (Å²) in [5.74, 6) is 0.821. The topological polar surface area (TPSA) is 68.7 Å². The van der Waals surface area contributed by atoms with Crippen LogP contribution in [0.15, 0.2) is 54.6 Å². The van der Waals surface area contributed by atoms with Crippen LogP contribution in [0.4, 0.5) is 0 Å². The number of hydrogen-bond donors (Lipinski definition) is 3. The van der Waals surface area contributed by atoms with E-state index in [2.05, 4.69) is 40.2 Å². The zero-order valence-corrected chi connectivity index (χ0v) is 17.5. The van der Waals surface area contributed by atoms with Crippen LogP contribution in [0.1, 0.15) is 36.9 Å². The molecule has 2 aromatic carbocycles. The summed E-state index contributed by atoms with van der Waals surface area (Å²) in [4.78, 5) is 5.88. The molecule has 1 aliphatic rings. The monoisotopic (exact) mass is 408 g/mol. The quantitative estimate of drug-likeness (QED) is 0.602. The average molecular weight is 409 g/mol. The highest BCUT2D eigenvalue weighted by atomic mass is 16.5. The van der Waals surface area contributed by atoms with Crippen LogP contribution >= 0.6 is 0 Å². The van der Waals surface area contributed by atoms with Crippen molar-refractivity contribution in [2.24, 2.45) is 0 Å². The highest BCUT2D eigenvalue weighted by Crippen LogP contribution is 2.22. The molecule has 0 saturated carbocycles. The van der Waals surface area contributed by atoms with Crippen LogP contribution in [-0.4, -0.2) is 52.0 Å². The molecule has 0 amide bonds. The minimum absolute atomic E-state index is 0.111. The number of aliphatic hydroxyl groups is 2. The van der Waals surface area contributed by atoms with Gasteiger partial charge in [0.1, 0.15) is 18.5 Å². The molecule has 0 bridgehead atoms. The molecule has 4 rings (SSSR count). The molecule has 0 unspecified atom stereocenters. The average Bonchev–Trinajstić information content (AvgIpc) is 3.17. The first-order valence-corrected chi connectivity index (χ1v) is 11.0. The number of nitrogens with one attached hydrogen (secondary N) is 1. The van der Waals surface area contributed by atoms with Gasteiger partial charge in [-0.3, -0.25) is 4.90 Å². The van der Waals surface area contributed by atoms with E-state index in [4.69, 9.17) is 4.74 Å². The highest BCUT2D eigenvalue weighted by molar-refractivity contribution is 5.80. The summed E-state index contributed by atoms with van der Waals surface area (Å²) >= 11 is 0. The smallest absolute Gasteiger partial charge is 0.122 e. The second kappa shape index (κ2) is 10.1. The molecule has 30 heavy (non-hydrogen) atoms. The van der Waals surface area contributed by atoms with Crippen molar-refractivity contribution in [1.82, 2.24) is 9.88 Å². The standard InChI is InChI=1S/C25H32N2O3/c28-23-13-15-27(17-21-16-20-10-3-5-11-22(20)26-21)14-7-1-2-8-19-9-4-6-12-25(19)30-18-24(23)29/h3-6,9-12,16,23-24,26,28-29H,1-2,7-8,13-15,17-18H2/t23-,24+/m0/s1. The second-order valence-corrected chi connectivity index (χ2v) is 8.31. The number of aromatic amines is 1. The third-order valence-corrected chi connectivity index (χ3v) is 5.97. The van der Waals surface area contributed by atoms with Crippen molar-refractivity contribution in [3.8, 4) is 5.75 Å². The summed E-state index contributed by atoms with van der Waals surface area (Å²) in [5.41, 5.74) is 3.51. The normalized spacial score (nSPS) is 22.2. The van der Waals surface area contributed by atoms with E-state index in [9.17, 15) is 10.2 Å². The second-order valence-electron chi connectivity index (χ2n) is 8.31. The summed E-state index contributed by atoms with van der Waals surface area (Å²) in [7, 11) is 0. The summed E-state index contributed by atoms with van der Waals surface area (Å²) in [6, 6.07) is 18.5. The number of H-pyrrole nitrogens is 1. The predicted molar refractivity (Wildman–Crippen MR) is 120 cm³/mol. The lowest BCUT2D eigenvalue weighted by molar-refractivity contribution is -0.0163. The van der Waals surface area contributed by atoms with Crippen molar-refractivity contribution in [1.29, 1.82) is 0 Å². The maximum absolute atomic E-state index is 10.5. The predicted octanol–water partition coefficient (Wildman–Crippen LogP) is 3.89. The molecule has 1 aromatic heterocycles. The Kier molecular flexibility index (Phi) is 7.05. The third kappa shape index (κ3) is 5.42. The molecule has 5 heteroatoms. The summed E-state index contributed by atoms with van der Waals surface area (Å²) in [6.45, 7) is 2.65. The van der Waals surface area contributed by atoms with Crippen LogP contribution in [0.25, 0.3) is 10.9 Å². The molecule has 0 fully saturated rings. The Balaban J connectivity index is 1.43. The maximum atomic E-state index is 10.5. The number of aryl methyl sites for hydroxylation is 1. The SMILES string of the molecule is O[C@@H]1COc2ccccc2CCCCCN(Cc2cc3ccccc3[nH]2)CC[C@@H]1O. The summed E-state index contributed by atoms with van der Waals surface area (Å²) in [5, 5.41) is 22.1. The molecule has 0 saturated heterocycles. The Labute approximate surface area is 178 Å². The number of aliphatic hydroxyl groups excluding tert-OH is 2. The van der Waals surface area contributed by atoms with E-state index in [0.29, 0.717) is 6.42 Å². The van der Waals surface area contributed by atoms with Crippen molar-refractivity contribution in [2.75, 3.05) is 19.7 Å². The summed E-state index contributed by atoms with van der Waals surface area (Å²) < 4.78 is 5.84. The minimum Gasteiger partial charge on any atom is -0.491 e. The van der Waals surface area contributed by atoms with Crippen LogP contribution < -0.4 is 4.74 Å². The Hall–Kier alpha value is -2.34. The fourth-order valence-electron chi connectivity index (χ4n) is 4.20. The molecule has 0 radical (unpaired) electrons. The van der Waals surface area contributed by atoms with E-state index >= 15 is 0 Å². The van der Waals surface area contributed by atoms with Gasteiger partial charge in [0.05, 0.1) is 6.10 Å². The van der Waals surface area contributed by atoms with E-state index in [-0.39, 0.29) is 6.61 Å². The van der Waals surface area contributed by atoms with Gasteiger partial charge in [0.15, 0.2) is 0 Å². The van der Waals surface area contributed by atoms with Gasteiger partial charge in [-0.25, -0.2) is 0 Å². The Bertz CT molecular complexity index is 906. The Morgan fingerprint density at radius 3 is 2.67 bits per heavy atom. The lowest BCUT2D eigenvalue weighted by Crippen LogP contribution is -2.36. The van der Waals surface area contributed by atoms with Gasteiger partial charge in [-0.05, 0) is 61.4 Å². The van der Waals surface area contributed by atoms with Crippen molar-refractivity contribution in [3.05, 3.63) is 65.9 Å². The Morgan fingerprint density at radius 1 is 0.933 bits per heavy atom. The molecule has 2 atom stereocenters. The van der Waals surface area contributed by atoms with Gasteiger partial charge in [0, 0.05) is 24.3 Å². The highest BCUT2D eigenvalue weighted by Gasteiger charge is 2.20. The Morgan fingerprint density at radius 2 is 1.77 bits per heavy atom. The van der Waals surface area contributed by atoms with Crippen molar-refractivity contribution in [3.63, 3.8) is 0 Å². The third-order valence-electron chi connectivity index (χ3n) is 5.97. The van der Waals surface area contributed by atoms with Crippen LogP contribution in [0.3, 0.4) is 0 Å². The van der Waals surface area contributed by atoms with Crippen LogP contribution in [0.5, 0.6) is 5.75 Å². The number of benzene rings is 2. The lowest BCUT2D eigenvalue weighted by Gasteiger charge is -2.25. The number of para-hydroxylation sites is 2. The molecule has 5 nitrogen and oxygen atoms in total. The number of hydrogen-bond acceptors (Lipinski definition) is 4. The first kappa shape index (κ1) is 20.9. The van der Waals surface area contributed by atoms with Crippen LogP contribution in [0, 0.1) is 0 Å². The number of nitrogens with zero attached hydrogens (tertiary/aromatic N) is 1. The van der Waals surface area contributed by atoms with Gasteiger partial charge < -0.3 is 19.9 Å². The summed E-state index contributed by atoms with van der Waals surface area (Å²) in [6.07, 6.45) is 3.18. The van der Waals surface area contributed by atoms with E-state index in [0.717, 1.165) is 56.6 Å². The van der Waals surface area contributed by atoms with Crippen LogP contribution in [0.2, 0.25) is 0 Å². The molecular formula is C25H32N2O3. The van der Waals surface area contributed by atoms with E-state index in [1.807, 2.05) is 24.3 Å². The largest absolute Gasteiger partial charge is 0.491 e. The molecule has 3 aromatic rings. The zero-order chi connectivity index (χ0) is 20.8. The first-order valence-electron chi connectivity index (χ1n) is 11.0. The minimum atomic E-state index is -0.893. The molecule has 3 N–H and O–H groups in total. The zero-order valence-electron chi connectivity index (χ0n) is 17.5. The molecule has 0 aliphatic carbocycles. The number of aromatic nitrogens is 1.